The number of aliphatic hydroxyl groups is 1. The lowest BCUT2D eigenvalue weighted by atomic mass is 9.96. The number of carbonyl (C=O) groups excluding carboxylic acids is 16. The lowest BCUT2D eigenvalue weighted by Crippen LogP contribution is -2.62. The summed E-state index contributed by atoms with van der Waals surface area (Å²) in [6, 6.07) is -23.8. The molecule has 0 aliphatic carbocycles. The molecule has 4 saturated heterocycles. The number of carboxylic acid groups (broad SMARTS) is 2. The number of H-pyrrole nitrogens is 3. The number of nitrogens with one attached hydrogen (secondary N) is 16. The van der Waals surface area contributed by atoms with Gasteiger partial charge < -0.3 is 121 Å². The Hall–Kier alpha value is -10.6. The first kappa shape index (κ1) is 96.5. The van der Waals surface area contributed by atoms with Crippen molar-refractivity contribution in [2.45, 2.75) is 222 Å². The van der Waals surface area contributed by atoms with Crippen molar-refractivity contribution in [3.63, 3.8) is 0 Å². The van der Waals surface area contributed by atoms with Crippen molar-refractivity contribution in [2.24, 2.45) is 23.3 Å². The van der Waals surface area contributed by atoms with E-state index < -0.39 is 258 Å². The van der Waals surface area contributed by atoms with Crippen molar-refractivity contribution in [2.75, 3.05) is 49.3 Å². The summed E-state index contributed by atoms with van der Waals surface area (Å²) in [7, 11) is 3.30. The van der Waals surface area contributed by atoms with Crippen molar-refractivity contribution < 1.29 is 102 Å². The topological polar surface area (TPSA) is 669 Å². The lowest BCUT2D eigenvalue weighted by molar-refractivity contribution is -0.143. The molecule has 660 valence electrons. The van der Waals surface area contributed by atoms with Gasteiger partial charge >= 0.3 is 11.9 Å². The zero-order valence-electron chi connectivity index (χ0n) is 66.8. The minimum Gasteiger partial charge on any atom is -0.481 e. The number of nitrogens with zero attached hydrogens (tertiary/aromatic N) is 5. The molecule has 3 aromatic heterocycles. The van der Waals surface area contributed by atoms with Crippen LogP contribution in [-0.4, -0.2) is 301 Å². The van der Waals surface area contributed by atoms with Crippen LogP contribution in [0.25, 0.3) is 0 Å². The maximum Gasteiger partial charge on any atom is 0.303 e. The van der Waals surface area contributed by atoms with Crippen LogP contribution in [0.1, 0.15) is 129 Å². The summed E-state index contributed by atoms with van der Waals surface area (Å²) in [5.74, 6) is -21.7. The number of imidazole rings is 3. The van der Waals surface area contributed by atoms with Gasteiger partial charge in [0.25, 0.3) is 0 Å². The van der Waals surface area contributed by atoms with Gasteiger partial charge in [0.05, 0.1) is 32.1 Å². The first-order valence-electron chi connectivity index (χ1n) is 39.2. The summed E-state index contributed by atoms with van der Waals surface area (Å²) in [5, 5.41) is 63.9. The molecule has 0 unspecified atom stereocenters. The van der Waals surface area contributed by atoms with E-state index in [9.17, 15) is 77.6 Å². The molecule has 0 radical (unpaired) electrons. The minimum absolute atomic E-state index is 0.00705. The van der Waals surface area contributed by atoms with E-state index in [0.717, 1.165) is 48.1 Å². The normalized spacial score (nSPS) is 27.3. The number of fused-ring (bicyclic) bond motifs is 10. The molecule has 2 bridgehead atoms. The predicted molar refractivity (Wildman–Crippen MR) is 434 cm³/mol. The SMILES string of the molecule is CC[C@H](C)[C@@H]1NC(=O)[C@H](CCC(=O)O)NC(=O)[C@@H]2CCCN2C(=O)[C@H](Cc2cnc[nH]2)NC(=O)[C@H](CCCCC(=O)O)NC(=O)[C@H]([C@@H](C)CC)NC(=O)[C@H](Cc2cnc[nH]2)NC(=O)[C@@H]2CSSC[C@H](NC(=O)CN)C(=O)N[C@@H](CSSC[C@@H](C(N)=O)NC1=O)C(=O)N[C@@H](CO)C(=O)N[C@@H](Cc1cnc[nH]1)C(=O)N1CCC[C@H]1C(=O)N[C@@H](C)C(=O)N2. The van der Waals surface area contributed by atoms with Gasteiger partial charge in [-0.25, -0.2) is 15.0 Å². The summed E-state index contributed by atoms with van der Waals surface area (Å²) in [6.45, 7) is 5.86. The Kier molecular flexibility index (Phi) is 38.6. The van der Waals surface area contributed by atoms with Crippen LogP contribution < -0.4 is 80.6 Å². The molecule has 120 heavy (non-hydrogen) atoms. The number of aliphatic hydroxyl groups excluding tert-OH is 1. The van der Waals surface area contributed by atoms with Gasteiger partial charge in [0.1, 0.15) is 90.6 Å². The predicted octanol–water partition coefficient (Wildman–Crippen LogP) is -5.98. The quantitative estimate of drug-likeness (QED) is 0.0329. The molecule has 4 aliphatic rings. The Bertz CT molecular complexity index is 4080. The van der Waals surface area contributed by atoms with Crippen molar-refractivity contribution in [3.05, 3.63) is 54.7 Å². The Morgan fingerprint density at radius 2 is 0.900 bits per heavy atom. The fraction of sp³-hybridized carbons (Fsp3) is 0.625. The molecule has 23 N–H and O–H groups in total. The fourth-order valence-electron chi connectivity index (χ4n) is 13.3. The number of primary amides is 1. The number of unbranched alkanes of at least 4 members (excludes halogenated alkanes) is 1. The molecule has 44 nitrogen and oxygen atoms in total. The highest BCUT2D eigenvalue weighted by atomic mass is 33.1. The van der Waals surface area contributed by atoms with Gasteiger partial charge in [-0.15, -0.1) is 0 Å². The number of amides is 16. The van der Waals surface area contributed by atoms with Crippen molar-refractivity contribution >= 4 is 150 Å². The van der Waals surface area contributed by atoms with Gasteiger partial charge in [0, 0.05) is 104 Å². The van der Waals surface area contributed by atoms with Crippen molar-refractivity contribution in [1.29, 1.82) is 0 Å². The highest BCUT2D eigenvalue weighted by molar-refractivity contribution is 8.77. The lowest BCUT2D eigenvalue weighted by Gasteiger charge is -2.32. The van der Waals surface area contributed by atoms with Gasteiger partial charge in [0.2, 0.25) is 94.5 Å². The first-order valence-corrected chi connectivity index (χ1v) is 44.2. The second kappa shape index (κ2) is 48.0. The molecular formula is C72H107N23O21S4. The van der Waals surface area contributed by atoms with Gasteiger partial charge in [-0.05, 0) is 63.7 Å². The van der Waals surface area contributed by atoms with Gasteiger partial charge in [-0.1, -0.05) is 90.1 Å². The monoisotopic (exact) mass is 1760 g/mol. The number of rotatable bonds is 22. The summed E-state index contributed by atoms with van der Waals surface area (Å²) >= 11 is 0. The number of aromatic nitrogens is 6. The standard InChI is InChI=1S/C72H107N23O21S4/c1-6-35(3)56-69(113)84-41(12-8-9-15-54(98)99)60(104)86-44(21-39-25-76-33-79-39)71(115)95-19-11-14-52(95)68(112)83-42(16-17-55(100)101)61(105)92-57(36(4)7-2)70(114)89-47(58(74)102)28-117-119-31-50-66(110)88-46(27-96)63(107)87-45(22-40-26-77-34-80-40)72(116)94-18-10-13-51(94)67(111)81-37(5)59(103)90-49(30-120-118-29-48(64(108)91-50)82-53(97)23-73)65(109)85-43(62(106)93-56)20-38-24-75-32-78-38/h24-26,32-37,41-52,56-57,96H,6-23,27-31,73H2,1-5H3,(H2,74,102)(H,75,78)(H,76,79)(H,77,80)(H,81,111)(H,82,97)(H,83,112)(H,84,113)(H,85,109)(H,86,104)(H,87,107)(H,88,110)(H,89,114)(H,90,103)(H,91,108)(H,92,105)(H,93,106)(H,98,99)(H,100,101)/t35-,36-,37-,41-,42-,43-,44-,45-,46-,47-,48-,49-,50-,51-,52-,56-,57-/m0/s1. The Labute approximate surface area is 705 Å². The Balaban J connectivity index is 1.34. The average Bonchev–Trinajstić information content (AvgIpc) is 1.65. The third-order valence-corrected chi connectivity index (χ3v) is 25.4. The summed E-state index contributed by atoms with van der Waals surface area (Å²) in [4.78, 5) is 281. The Morgan fingerprint density at radius 3 is 1.38 bits per heavy atom. The van der Waals surface area contributed by atoms with Gasteiger partial charge in [-0.2, -0.15) is 0 Å². The summed E-state index contributed by atoms with van der Waals surface area (Å²) in [5.41, 5.74) is 12.5. The van der Waals surface area contributed by atoms with E-state index in [-0.39, 0.29) is 102 Å². The fourth-order valence-corrected chi connectivity index (χ4v) is 18.0. The summed E-state index contributed by atoms with van der Waals surface area (Å²) < 4.78 is 0. The third kappa shape index (κ3) is 29.1. The van der Waals surface area contributed by atoms with Crippen LogP contribution in [0.15, 0.2) is 37.6 Å². The van der Waals surface area contributed by atoms with Crippen LogP contribution in [0.4, 0.5) is 0 Å². The number of carboxylic acids is 2. The van der Waals surface area contributed by atoms with E-state index in [0.29, 0.717) is 11.4 Å². The van der Waals surface area contributed by atoms with Crippen molar-refractivity contribution in [1.82, 2.24) is 109 Å². The second-order valence-electron chi connectivity index (χ2n) is 29.4. The van der Waals surface area contributed by atoms with Crippen LogP contribution in [0.2, 0.25) is 0 Å². The largest absolute Gasteiger partial charge is 0.481 e. The number of aliphatic carboxylic acids is 2. The number of carbonyl (C=O) groups is 18. The van der Waals surface area contributed by atoms with E-state index in [1.165, 1.54) is 49.4 Å². The maximum absolute atomic E-state index is 15.2. The molecule has 7 heterocycles. The van der Waals surface area contributed by atoms with E-state index in [1.807, 2.05) is 0 Å². The third-order valence-electron chi connectivity index (χ3n) is 20.5. The molecule has 0 spiro atoms. The molecule has 16 amide bonds. The molecule has 0 saturated carbocycles. The number of nitrogens with two attached hydrogens (primary N) is 2. The smallest absolute Gasteiger partial charge is 0.303 e. The molecule has 3 aromatic rings. The average molecular weight is 1760 g/mol. The van der Waals surface area contributed by atoms with E-state index in [4.69, 9.17) is 11.5 Å². The number of hydrogen-bond donors (Lipinski definition) is 21. The zero-order chi connectivity index (χ0) is 87.9. The van der Waals surface area contributed by atoms with Gasteiger partial charge in [-0.3, -0.25) is 86.3 Å². The molecule has 4 aliphatic heterocycles. The number of hydrogen-bond acceptors (Lipinski definition) is 27. The van der Waals surface area contributed by atoms with Crippen LogP contribution in [0.5, 0.6) is 0 Å². The van der Waals surface area contributed by atoms with Crippen LogP contribution in [-0.2, 0) is 106 Å². The molecule has 17 atom stereocenters. The van der Waals surface area contributed by atoms with E-state index in [2.05, 4.69) is 99.0 Å². The molecule has 7 rings (SSSR count). The summed E-state index contributed by atoms with van der Waals surface area (Å²) in [6.07, 6.45) is 5.89. The van der Waals surface area contributed by atoms with Crippen LogP contribution in [0, 0.1) is 11.8 Å². The second-order valence-corrected chi connectivity index (χ2v) is 34.5. The van der Waals surface area contributed by atoms with E-state index >= 15 is 24.0 Å². The van der Waals surface area contributed by atoms with Gasteiger partial charge in [0.15, 0.2) is 0 Å². The molecule has 48 heteroatoms. The Morgan fingerprint density at radius 1 is 0.483 bits per heavy atom. The number of aromatic amines is 3. The van der Waals surface area contributed by atoms with E-state index in [1.54, 1.807) is 27.7 Å². The minimum atomic E-state index is -1.88. The van der Waals surface area contributed by atoms with Crippen LogP contribution >= 0.6 is 43.2 Å². The zero-order valence-corrected chi connectivity index (χ0v) is 70.0. The van der Waals surface area contributed by atoms with Crippen molar-refractivity contribution in [3.8, 4) is 0 Å². The maximum atomic E-state index is 15.2. The first-order chi connectivity index (χ1) is 57.2. The molecule has 4 fully saturated rings. The highest BCUT2D eigenvalue weighted by Crippen LogP contribution is 2.28. The molecular weight excluding hydrogens is 1650 g/mol. The molecule has 0 aromatic carbocycles. The highest BCUT2D eigenvalue weighted by Gasteiger charge is 2.45. The van der Waals surface area contributed by atoms with Crippen LogP contribution in [0.3, 0.4) is 0 Å².